The number of aromatic nitrogens is 4. The first-order valence-corrected chi connectivity index (χ1v) is 22.1. The number of hydrogen-bond donors (Lipinski definition) is 4. The van der Waals surface area contributed by atoms with Gasteiger partial charge in [0.05, 0.1) is 63.8 Å². The van der Waals surface area contributed by atoms with E-state index >= 15 is 0 Å². The minimum absolute atomic E-state index is 0.146. The molecule has 4 N–H and O–H groups in total. The summed E-state index contributed by atoms with van der Waals surface area (Å²) in [4.78, 5) is 72.9. The minimum Gasteiger partial charge on any atom is -0.453 e. The number of aromatic amines is 2. The number of hydrogen-bond acceptors (Lipinski definition) is 10. The minimum atomic E-state index is -0.995. The summed E-state index contributed by atoms with van der Waals surface area (Å²) in [5.41, 5.74) is 8.55. The number of rotatable bonds is 15. The van der Waals surface area contributed by atoms with Gasteiger partial charge in [-0.15, -0.1) is 0 Å². The van der Waals surface area contributed by atoms with Crippen LogP contribution in [0.2, 0.25) is 0 Å². The molecule has 2 aromatic heterocycles. The number of H-pyrrole nitrogens is 2. The lowest BCUT2D eigenvalue weighted by molar-refractivity contribution is -0.169. The van der Waals surface area contributed by atoms with E-state index in [1.807, 2.05) is 64.1 Å². The Morgan fingerprint density at radius 2 is 1.49 bits per heavy atom. The summed E-state index contributed by atoms with van der Waals surface area (Å²) >= 11 is 0. The Labute approximate surface area is 377 Å². The van der Waals surface area contributed by atoms with Crippen LogP contribution in [0.3, 0.4) is 0 Å². The van der Waals surface area contributed by atoms with Crippen molar-refractivity contribution in [2.24, 2.45) is 5.92 Å². The number of benzene rings is 4. The third kappa shape index (κ3) is 9.69. The molecule has 0 radical (unpaired) electrons. The Bertz CT molecular complexity index is 2710. The number of nitrogens with zero attached hydrogens (tertiary/aromatic N) is 4. The molecule has 8 rings (SSSR count). The molecule has 3 heterocycles. The molecule has 1 aliphatic heterocycles. The van der Waals surface area contributed by atoms with Crippen molar-refractivity contribution < 1.29 is 38.1 Å². The van der Waals surface area contributed by atoms with Gasteiger partial charge in [-0.25, -0.2) is 19.6 Å². The van der Waals surface area contributed by atoms with E-state index in [1.165, 1.54) is 19.8 Å². The van der Waals surface area contributed by atoms with Crippen LogP contribution in [0.1, 0.15) is 68.6 Å². The number of imidazole rings is 2. The molecule has 0 unspecified atom stereocenters. The standard InChI is InChI=1S/C49H56N8O8/c1-7-21-56(46(59)42(55-48(61)63-6)30-11-9-8-10-12-30)26-39-50-37-19-15-33-24-31(13-17-35(33)43(37)52-39)32-14-18-36-34(25-32)16-20-38-44(36)53-40(51-38)27-57(28-49(4)64-22-23-65-49)45(58)41(29(2)3)54-47(60)62-5/h8-15,17-19,24-25,29,41-42H,7,16,20-23,26-28H2,1-6H3,(H,50,52)(H,51,53)(H,54,60)(H,55,61)/t41-,42+/m0/s1. The fraction of sp³-hybridized carbons (Fsp3) is 0.388. The molecule has 2 atom stereocenters. The summed E-state index contributed by atoms with van der Waals surface area (Å²) in [6.07, 6.45) is 0.914. The zero-order chi connectivity index (χ0) is 45.8. The van der Waals surface area contributed by atoms with E-state index in [9.17, 15) is 19.2 Å². The number of carbonyl (C=O) groups is 4. The van der Waals surface area contributed by atoms with Gasteiger partial charge in [-0.2, -0.15) is 0 Å². The van der Waals surface area contributed by atoms with Crippen LogP contribution in [0, 0.1) is 5.92 Å². The van der Waals surface area contributed by atoms with Crippen molar-refractivity contribution >= 4 is 45.8 Å². The summed E-state index contributed by atoms with van der Waals surface area (Å²) in [6, 6.07) is 24.3. The van der Waals surface area contributed by atoms with Gasteiger partial charge in [0, 0.05) is 23.2 Å². The molecule has 4 aromatic carbocycles. The van der Waals surface area contributed by atoms with Crippen LogP contribution in [0.15, 0.2) is 78.9 Å². The van der Waals surface area contributed by atoms with Crippen molar-refractivity contribution in [3.05, 3.63) is 107 Å². The summed E-state index contributed by atoms with van der Waals surface area (Å²) in [5.74, 6) is -0.485. The van der Waals surface area contributed by atoms with Crippen molar-refractivity contribution in [2.75, 3.05) is 40.5 Å². The van der Waals surface area contributed by atoms with Crippen LogP contribution in [0.25, 0.3) is 44.2 Å². The smallest absolute Gasteiger partial charge is 0.407 e. The maximum absolute atomic E-state index is 14.1. The predicted molar refractivity (Wildman–Crippen MR) is 244 cm³/mol. The lowest BCUT2D eigenvalue weighted by atomic mass is 9.89. The van der Waals surface area contributed by atoms with E-state index in [0.717, 1.165) is 62.7 Å². The Kier molecular flexibility index (Phi) is 13.2. The SMILES string of the molecule is CCCN(Cc1nc2c(ccc3cc(-c4ccc5c(c4)CCc4[nH]c(CN(CC6(C)OCCO6)C(=O)[C@@H](NC(=O)OC)C(C)C)nc4-5)ccc32)[nH]1)C(=O)[C@H](NC(=O)OC)c1ccccc1. The Hall–Kier alpha value is -6.78. The molecular formula is C49H56N8O8. The number of fused-ring (bicyclic) bond motifs is 6. The quantitative estimate of drug-likeness (QED) is 0.0821. The second-order valence-corrected chi connectivity index (χ2v) is 17.1. The van der Waals surface area contributed by atoms with Crippen molar-refractivity contribution in [1.82, 2.24) is 40.4 Å². The van der Waals surface area contributed by atoms with Gasteiger partial charge in [-0.1, -0.05) is 87.5 Å². The fourth-order valence-electron chi connectivity index (χ4n) is 8.81. The van der Waals surface area contributed by atoms with Gasteiger partial charge in [-0.3, -0.25) is 9.59 Å². The molecule has 65 heavy (non-hydrogen) atoms. The molecule has 0 bridgehead atoms. The van der Waals surface area contributed by atoms with Crippen LogP contribution in [0.5, 0.6) is 0 Å². The van der Waals surface area contributed by atoms with Gasteiger partial charge in [0.2, 0.25) is 11.8 Å². The second-order valence-electron chi connectivity index (χ2n) is 17.1. The maximum Gasteiger partial charge on any atom is 0.407 e. The van der Waals surface area contributed by atoms with Gasteiger partial charge >= 0.3 is 12.2 Å². The molecule has 1 aliphatic carbocycles. The van der Waals surface area contributed by atoms with Crippen LogP contribution >= 0.6 is 0 Å². The first-order chi connectivity index (χ1) is 31.4. The molecule has 16 heteroatoms. The lowest BCUT2D eigenvalue weighted by Gasteiger charge is -2.34. The topological polar surface area (TPSA) is 193 Å². The first kappa shape index (κ1) is 44.8. The summed E-state index contributed by atoms with van der Waals surface area (Å²) in [6.45, 7) is 9.42. The molecule has 0 spiro atoms. The van der Waals surface area contributed by atoms with E-state index < -0.39 is 30.1 Å². The monoisotopic (exact) mass is 884 g/mol. The van der Waals surface area contributed by atoms with Crippen LogP contribution in [0.4, 0.5) is 9.59 Å². The summed E-state index contributed by atoms with van der Waals surface area (Å²) in [7, 11) is 2.55. The summed E-state index contributed by atoms with van der Waals surface area (Å²) < 4.78 is 21.5. The van der Waals surface area contributed by atoms with Gasteiger partial charge < -0.3 is 49.3 Å². The largest absolute Gasteiger partial charge is 0.453 e. The average Bonchev–Trinajstić information content (AvgIpc) is 4.07. The molecule has 4 amide bonds. The highest BCUT2D eigenvalue weighted by molar-refractivity contribution is 6.05. The fourth-order valence-corrected chi connectivity index (χ4v) is 8.81. The molecule has 340 valence electrons. The summed E-state index contributed by atoms with van der Waals surface area (Å²) in [5, 5.41) is 7.42. The highest BCUT2D eigenvalue weighted by atomic mass is 16.7. The molecule has 6 aromatic rings. The van der Waals surface area contributed by atoms with E-state index in [0.29, 0.717) is 43.4 Å². The second kappa shape index (κ2) is 19.1. The number of amides is 4. The van der Waals surface area contributed by atoms with Crippen molar-refractivity contribution in [3.8, 4) is 22.4 Å². The van der Waals surface area contributed by atoms with Crippen LogP contribution in [-0.4, -0.2) is 106 Å². The van der Waals surface area contributed by atoms with Crippen LogP contribution in [-0.2, 0) is 54.5 Å². The van der Waals surface area contributed by atoms with Crippen molar-refractivity contribution in [3.63, 3.8) is 0 Å². The van der Waals surface area contributed by atoms with Crippen molar-refractivity contribution in [2.45, 2.75) is 77.9 Å². The van der Waals surface area contributed by atoms with Crippen molar-refractivity contribution in [1.29, 1.82) is 0 Å². The van der Waals surface area contributed by atoms with E-state index in [2.05, 4.69) is 63.1 Å². The molecular weight excluding hydrogens is 829 g/mol. The molecule has 0 saturated carbocycles. The van der Waals surface area contributed by atoms with E-state index in [4.69, 9.17) is 28.9 Å². The van der Waals surface area contributed by atoms with Crippen LogP contribution < -0.4 is 10.6 Å². The molecule has 16 nitrogen and oxygen atoms in total. The lowest BCUT2D eigenvalue weighted by Crippen LogP contribution is -2.54. The number of alkyl carbamates (subject to hydrolysis) is 2. The third-order valence-corrected chi connectivity index (χ3v) is 12.1. The zero-order valence-electron chi connectivity index (χ0n) is 37.7. The Morgan fingerprint density at radius 3 is 2.22 bits per heavy atom. The molecule has 1 saturated heterocycles. The van der Waals surface area contributed by atoms with E-state index in [-0.39, 0.29) is 37.4 Å². The number of methoxy groups -OCH3 is 2. The average molecular weight is 885 g/mol. The normalized spacial score (nSPS) is 14.9. The predicted octanol–water partition coefficient (Wildman–Crippen LogP) is 7.18. The number of nitrogens with one attached hydrogen (secondary N) is 4. The highest BCUT2D eigenvalue weighted by Crippen LogP contribution is 2.37. The molecule has 2 aliphatic rings. The number of ether oxygens (including phenoxy) is 4. The van der Waals surface area contributed by atoms with E-state index in [1.54, 1.807) is 9.80 Å². The molecule has 1 fully saturated rings. The Morgan fingerprint density at radius 1 is 0.800 bits per heavy atom. The third-order valence-electron chi connectivity index (χ3n) is 12.1. The maximum atomic E-state index is 14.1. The first-order valence-electron chi connectivity index (χ1n) is 22.1. The highest BCUT2D eigenvalue weighted by Gasteiger charge is 2.39. The number of carbonyl (C=O) groups excluding carboxylic acids is 4. The zero-order valence-corrected chi connectivity index (χ0v) is 37.7. The Balaban J connectivity index is 1.02. The van der Waals surface area contributed by atoms with Gasteiger partial charge in [0.25, 0.3) is 0 Å². The van der Waals surface area contributed by atoms with Gasteiger partial charge in [-0.05, 0) is 71.9 Å². The van der Waals surface area contributed by atoms with Gasteiger partial charge in [0.15, 0.2) is 5.79 Å². The van der Waals surface area contributed by atoms with Gasteiger partial charge in [0.1, 0.15) is 23.7 Å². The number of aryl methyl sites for hydroxylation is 2.